The summed E-state index contributed by atoms with van der Waals surface area (Å²) in [5, 5.41) is 12.6. The summed E-state index contributed by atoms with van der Waals surface area (Å²) in [5.41, 5.74) is 3.04. The zero-order valence-corrected chi connectivity index (χ0v) is 11.0. The fourth-order valence-electron chi connectivity index (χ4n) is 1.97. The number of benzene rings is 1. The van der Waals surface area contributed by atoms with Crippen LogP contribution in [0.4, 0.5) is 0 Å². The lowest BCUT2D eigenvalue weighted by atomic mass is 10.1. The van der Waals surface area contributed by atoms with E-state index in [1.807, 2.05) is 18.2 Å². The van der Waals surface area contributed by atoms with Gasteiger partial charge >= 0.3 is 5.97 Å². The number of imidazole rings is 1. The molecule has 0 spiro atoms. The summed E-state index contributed by atoms with van der Waals surface area (Å²) in [7, 11) is 0. The van der Waals surface area contributed by atoms with Gasteiger partial charge in [0, 0.05) is 17.5 Å². The van der Waals surface area contributed by atoms with Crippen LogP contribution in [0.5, 0.6) is 0 Å². The Morgan fingerprint density at radius 3 is 2.80 bits per heavy atom. The van der Waals surface area contributed by atoms with Gasteiger partial charge in [0.1, 0.15) is 11.5 Å². The van der Waals surface area contributed by atoms with E-state index in [1.54, 1.807) is 0 Å². The lowest BCUT2D eigenvalue weighted by molar-refractivity contribution is 0.0652. The Morgan fingerprint density at radius 2 is 2.15 bits per heavy atom. The molecule has 2 aromatic heterocycles. The molecule has 2 N–H and O–H groups in total. The quantitative estimate of drug-likeness (QED) is 0.763. The number of hydrogen-bond donors (Lipinski definition) is 2. The van der Waals surface area contributed by atoms with Crippen LogP contribution >= 0.6 is 0 Å². The van der Waals surface area contributed by atoms with Crippen molar-refractivity contribution in [2.45, 2.75) is 19.8 Å². The first kappa shape index (κ1) is 12.4. The van der Waals surface area contributed by atoms with Crippen molar-refractivity contribution in [1.29, 1.82) is 0 Å². The first-order chi connectivity index (χ1) is 9.54. The average Bonchev–Trinajstić information content (AvgIpc) is 3.04. The summed E-state index contributed by atoms with van der Waals surface area (Å²) in [6.07, 6.45) is 0. The van der Waals surface area contributed by atoms with E-state index in [0.29, 0.717) is 11.6 Å². The number of carboxylic acids is 1. The second kappa shape index (κ2) is 4.48. The van der Waals surface area contributed by atoms with Gasteiger partial charge in [-0.3, -0.25) is 0 Å². The van der Waals surface area contributed by atoms with Crippen molar-refractivity contribution in [3.63, 3.8) is 0 Å². The maximum Gasteiger partial charge on any atom is 0.374 e. The molecule has 1 aromatic carbocycles. The van der Waals surface area contributed by atoms with Crippen LogP contribution in [0, 0.1) is 0 Å². The number of fused-ring (bicyclic) bond motifs is 1. The Hall–Kier alpha value is -2.63. The molecule has 0 bridgehead atoms. The van der Waals surface area contributed by atoms with Gasteiger partial charge in [-0.2, -0.15) is 0 Å². The molecule has 0 radical (unpaired) electrons. The van der Waals surface area contributed by atoms with E-state index in [-0.39, 0.29) is 5.76 Å². The second-order valence-corrected chi connectivity index (χ2v) is 4.89. The van der Waals surface area contributed by atoms with Crippen molar-refractivity contribution < 1.29 is 14.4 Å². The third-order valence-electron chi connectivity index (χ3n) is 3.06. The molecule has 0 unspecified atom stereocenters. The summed E-state index contributed by atoms with van der Waals surface area (Å²) >= 11 is 0. The highest BCUT2D eigenvalue weighted by Gasteiger charge is 2.13. The Morgan fingerprint density at radius 1 is 1.35 bits per heavy atom. The summed E-state index contributed by atoms with van der Waals surface area (Å²) in [6, 6.07) is 7.01. The minimum Gasteiger partial charge on any atom is -0.475 e. The monoisotopic (exact) mass is 271 g/mol. The summed E-state index contributed by atoms with van der Waals surface area (Å²) in [6.45, 7) is 4.13. The molecule has 102 valence electrons. The van der Waals surface area contributed by atoms with Crippen LogP contribution in [0.2, 0.25) is 0 Å². The fourth-order valence-corrected chi connectivity index (χ4v) is 1.97. The molecule has 3 rings (SSSR count). The Bertz CT molecular complexity index is 786. The first-order valence-electron chi connectivity index (χ1n) is 6.24. The first-order valence-corrected chi connectivity index (χ1v) is 6.24. The fraction of sp³-hybridized carbons (Fsp3) is 0.214. The molecule has 0 aliphatic carbocycles. The van der Waals surface area contributed by atoms with E-state index >= 15 is 0 Å². The number of carboxylic acid groups (broad SMARTS) is 1. The predicted octanol–water partition coefficient (Wildman–Crippen LogP) is 3.04. The molecule has 0 saturated carbocycles. The molecule has 20 heavy (non-hydrogen) atoms. The largest absolute Gasteiger partial charge is 0.475 e. The van der Waals surface area contributed by atoms with E-state index in [4.69, 9.17) is 9.63 Å². The smallest absolute Gasteiger partial charge is 0.374 e. The molecule has 0 fully saturated rings. The van der Waals surface area contributed by atoms with E-state index in [9.17, 15) is 4.79 Å². The number of aromatic nitrogens is 3. The van der Waals surface area contributed by atoms with Crippen molar-refractivity contribution >= 4 is 17.0 Å². The van der Waals surface area contributed by atoms with Crippen LogP contribution in [0.3, 0.4) is 0 Å². The van der Waals surface area contributed by atoms with Crippen LogP contribution in [0.15, 0.2) is 28.8 Å². The highest BCUT2D eigenvalue weighted by molar-refractivity contribution is 5.87. The molecule has 0 aliphatic rings. The molecule has 6 heteroatoms. The molecule has 3 aromatic rings. The van der Waals surface area contributed by atoms with Gasteiger partial charge < -0.3 is 14.6 Å². The molecule has 2 heterocycles. The third-order valence-corrected chi connectivity index (χ3v) is 3.06. The van der Waals surface area contributed by atoms with Crippen molar-refractivity contribution in [3.8, 4) is 11.3 Å². The van der Waals surface area contributed by atoms with Crippen molar-refractivity contribution in [3.05, 3.63) is 35.9 Å². The Balaban J connectivity index is 2.05. The molecule has 0 aliphatic heterocycles. The number of carbonyl (C=O) groups is 1. The van der Waals surface area contributed by atoms with Gasteiger partial charge in [-0.1, -0.05) is 25.1 Å². The number of aromatic amines is 1. The van der Waals surface area contributed by atoms with Crippen LogP contribution in [-0.4, -0.2) is 26.2 Å². The minimum atomic E-state index is -1.13. The maximum atomic E-state index is 10.8. The molecular weight excluding hydrogens is 258 g/mol. The van der Waals surface area contributed by atoms with E-state index in [0.717, 1.165) is 22.4 Å². The van der Waals surface area contributed by atoms with Crippen LogP contribution < -0.4 is 0 Å². The number of hydrogen-bond acceptors (Lipinski definition) is 4. The number of nitrogens with zero attached hydrogens (tertiary/aromatic N) is 2. The van der Waals surface area contributed by atoms with E-state index in [1.165, 1.54) is 6.07 Å². The third kappa shape index (κ3) is 2.05. The average molecular weight is 271 g/mol. The SMILES string of the molecule is CC(C)c1nc2ccc(-c3cc(C(=O)O)on3)cc2[nH]1. The number of aromatic carboxylic acids is 1. The zero-order chi connectivity index (χ0) is 14.3. The van der Waals surface area contributed by atoms with Crippen LogP contribution in [-0.2, 0) is 0 Å². The van der Waals surface area contributed by atoms with Crippen LogP contribution in [0.1, 0.15) is 36.1 Å². The van der Waals surface area contributed by atoms with Gasteiger partial charge in [-0.25, -0.2) is 9.78 Å². The van der Waals surface area contributed by atoms with Gasteiger partial charge in [0.2, 0.25) is 5.76 Å². The Kier molecular flexibility index (Phi) is 2.78. The summed E-state index contributed by atoms with van der Waals surface area (Å²) < 4.78 is 4.76. The second-order valence-electron chi connectivity index (χ2n) is 4.89. The van der Waals surface area contributed by atoms with E-state index < -0.39 is 5.97 Å². The van der Waals surface area contributed by atoms with E-state index in [2.05, 4.69) is 29.0 Å². The maximum absolute atomic E-state index is 10.8. The normalized spacial score (nSPS) is 11.3. The van der Waals surface area contributed by atoms with Gasteiger partial charge in [0.05, 0.1) is 11.0 Å². The number of H-pyrrole nitrogens is 1. The van der Waals surface area contributed by atoms with Gasteiger partial charge in [0.25, 0.3) is 0 Å². The molecule has 0 amide bonds. The van der Waals surface area contributed by atoms with Crippen molar-refractivity contribution in [2.24, 2.45) is 0 Å². The van der Waals surface area contributed by atoms with Gasteiger partial charge in [-0.05, 0) is 12.1 Å². The topological polar surface area (TPSA) is 92.0 Å². The highest BCUT2D eigenvalue weighted by atomic mass is 16.5. The minimum absolute atomic E-state index is 0.174. The van der Waals surface area contributed by atoms with Gasteiger partial charge in [0.15, 0.2) is 0 Å². The zero-order valence-electron chi connectivity index (χ0n) is 11.0. The highest BCUT2D eigenvalue weighted by Crippen LogP contribution is 2.24. The predicted molar refractivity (Wildman–Crippen MR) is 72.6 cm³/mol. The molecule has 6 nitrogen and oxygen atoms in total. The van der Waals surface area contributed by atoms with Crippen LogP contribution in [0.25, 0.3) is 22.3 Å². The number of nitrogens with one attached hydrogen (secondary N) is 1. The van der Waals surface area contributed by atoms with Crippen molar-refractivity contribution in [1.82, 2.24) is 15.1 Å². The lowest BCUT2D eigenvalue weighted by Gasteiger charge is -1.96. The molecule has 0 saturated heterocycles. The summed E-state index contributed by atoms with van der Waals surface area (Å²) in [4.78, 5) is 18.5. The van der Waals surface area contributed by atoms with Gasteiger partial charge in [-0.15, -0.1) is 0 Å². The Labute approximate surface area is 114 Å². The summed E-state index contributed by atoms with van der Waals surface area (Å²) in [5.74, 6) is -0.0684. The molecule has 0 atom stereocenters. The molecular formula is C14H13N3O3. The standard InChI is InChI=1S/C14H13N3O3/c1-7(2)13-15-9-4-3-8(5-11(9)16-13)10-6-12(14(18)19)20-17-10/h3-7H,1-2H3,(H,15,16)(H,18,19). The van der Waals surface area contributed by atoms with Crippen molar-refractivity contribution in [2.75, 3.05) is 0 Å². The number of rotatable bonds is 3. The lowest BCUT2D eigenvalue weighted by Crippen LogP contribution is -1.91.